The third kappa shape index (κ3) is 4.50. The van der Waals surface area contributed by atoms with Gasteiger partial charge in [-0.1, -0.05) is 19.9 Å². The maximum atomic E-state index is 12.6. The summed E-state index contributed by atoms with van der Waals surface area (Å²) in [5, 5.41) is 14.5. The number of hydrogen-bond donors (Lipinski definition) is 3. The highest BCUT2D eigenvalue weighted by atomic mass is 16.4. The molecule has 0 fully saturated rings. The molecule has 7 heteroatoms. The van der Waals surface area contributed by atoms with Gasteiger partial charge in [-0.25, -0.2) is 0 Å². The van der Waals surface area contributed by atoms with Crippen LogP contribution in [0.5, 0.6) is 0 Å². The summed E-state index contributed by atoms with van der Waals surface area (Å²) >= 11 is 0. The molecule has 0 aliphatic rings. The summed E-state index contributed by atoms with van der Waals surface area (Å²) in [6, 6.07) is 5.20. The van der Waals surface area contributed by atoms with Crippen LogP contribution in [0.2, 0.25) is 0 Å². The first-order valence-corrected chi connectivity index (χ1v) is 8.20. The number of benzene rings is 1. The highest BCUT2D eigenvalue weighted by Gasteiger charge is 2.21. The SMILES string of the molecule is Cc1ccc(NC(=O)C(C)C)cc1NC(=O)c1c(C)coc1CC(=O)O. The molecule has 0 saturated carbocycles. The van der Waals surface area contributed by atoms with E-state index in [0.717, 1.165) is 5.56 Å². The Labute approximate surface area is 151 Å². The van der Waals surface area contributed by atoms with Crippen LogP contribution in [0, 0.1) is 19.8 Å². The number of hydrogen-bond acceptors (Lipinski definition) is 4. The minimum Gasteiger partial charge on any atom is -0.481 e. The number of carbonyl (C=O) groups is 3. The number of amides is 2. The van der Waals surface area contributed by atoms with E-state index < -0.39 is 11.9 Å². The molecule has 0 bridgehead atoms. The van der Waals surface area contributed by atoms with E-state index in [-0.39, 0.29) is 29.6 Å². The Kier molecular flexibility index (Phi) is 5.82. The fourth-order valence-electron chi connectivity index (χ4n) is 2.38. The van der Waals surface area contributed by atoms with Gasteiger partial charge in [-0.3, -0.25) is 14.4 Å². The molecular formula is C19H22N2O5. The number of aryl methyl sites for hydroxylation is 2. The molecule has 138 valence electrons. The average Bonchev–Trinajstić information content (AvgIpc) is 2.90. The average molecular weight is 358 g/mol. The topological polar surface area (TPSA) is 109 Å². The zero-order chi connectivity index (χ0) is 19.4. The molecule has 0 radical (unpaired) electrons. The fraction of sp³-hybridized carbons (Fsp3) is 0.316. The van der Waals surface area contributed by atoms with E-state index in [1.165, 1.54) is 6.26 Å². The number of rotatable bonds is 6. The van der Waals surface area contributed by atoms with E-state index in [1.807, 2.05) is 6.92 Å². The summed E-state index contributed by atoms with van der Waals surface area (Å²) in [4.78, 5) is 35.4. The van der Waals surface area contributed by atoms with Crippen LogP contribution in [0.4, 0.5) is 11.4 Å². The summed E-state index contributed by atoms with van der Waals surface area (Å²) in [5.41, 5.74) is 2.67. The molecule has 26 heavy (non-hydrogen) atoms. The predicted octanol–water partition coefficient (Wildman–Crippen LogP) is 3.37. The second-order valence-corrected chi connectivity index (χ2v) is 6.42. The highest BCUT2D eigenvalue weighted by Crippen LogP contribution is 2.24. The standard InChI is InChI=1S/C19H22N2O5/c1-10(2)18(24)20-13-6-5-11(3)14(7-13)21-19(25)17-12(4)9-26-15(17)8-16(22)23/h5-7,9-10H,8H2,1-4H3,(H,20,24)(H,21,25)(H,22,23). The maximum absolute atomic E-state index is 12.6. The zero-order valence-electron chi connectivity index (χ0n) is 15.2. The van der Waals surface area contributed by atoms with Crippen LogP contribution < -0.4 is 10.6 Å². The van der Waals surface area contributed by atoms with Gasteiger partial charge in [-0.15, -0.1) is 0 Å². The molecule has 1 aromatic heterocycles. The van der Waals surface area contributed by atoms with Crippen molar-refractivity contribution in [3.8, 4) is 0 Å². The summed E-state index contributed by atoms with van der Waals surface area (Å²) in [6.07, 6.45) is 0.986. The summed E-state index contributed by atoms with van der Waals surface area (Å²) in [5.74, 6) is -1.72. The van der Waals surface area contributed by atoms with Crippen LogP contribution in [0.15, 0.2) is 28.9 Å². The normalized spacial score (nSPS) is 10.7. The van der Waals surface area contributed by atoms with Crippen LogP contribution in [0.1, 0.15) is 41.1 Å². The highest BCUT2D eigenvalue weighted by molar-refractivity contribution is 6.07. The van der Waals surface area contributed by atoms with Gasteiger partial charge < -0.3 is 20.2 Å². The lowest BCUT2D eigenvalue weighted by molar-refractivity contribution is -0.136. The predicted molar refractivity (Wildman–Crippen MR) is 97.4 cm³/mol. The zero-order valence-corrected chi connectivity index (χ0v) is 15.2. The molecule has 0 aliphatic heterocycles. The smallest absolute Gasteiger partial charge is 0.311 e. The van der Waals surface area contributed by atoms with Crippen molar-refractivity contribution < 1.29 is 23.9 Å². The Morgan fingerprint density at radius 3 is 2.42 bits per heavy atom. The van der Waals surface area contributed by atoms with Gasteiger partial charge >= 0.3 is 5.97 Å². The van der Waals surface area contributed by atoms with Gasteiger partial charge in [0.1, 0.15) is 12.2 Å². The lowest BCUT2D eigenvalue weighted by atomic mass is 10.1. The van der Waals surface area contributed by atoms with E-state index in [0.29, 0.717) is 16.9 Å². The molecule has 1 aromatic carbocycles. The number of carboxylic acids is 1. The number of nitrogens with one attached hydrogen (secondary N) is 2. The summed E-state index contributed by atoms with van der Waals surface area (Å²) < 4.78 is 5.20. The van der Waals surface area contributed by atoms with Crippen molar-refractivity contribution in [2.24, 2.45) is 5.92 Å². The van der Waals surface area contributed by atoms with Gasteiger partial charge in [0.05, 0.1) is 11.8 Å². The Hall–Kier alpha value is -3.09. The van der Waals surface area contributed by atoms with E-state index in [2.05, 4.69) is 10.6 Å². The van der Waals surface area contributed by atoms with Gasteiger partial charge in [0.2, 0.25) is 5.91 Å². The number of aliphatic carboxylic acids is 1. The summed E-state index contributed by atoms with van der Waals surface area (Å²) in [6.45, 7) is 7.08. The number of anilines is 2. The molecule has 7 nitrogen and oxygen atoms in total. The van der Waals surface area contributed by atoms with Crippen molar-refractivity contribution in [1.29, 1.82) is 0 Å². The molecule has 0 saturated heterocycles. The van der Waals surface area contributed by atoms with Gasteiger partial charge in [0, 0.05) is 22.9 Å². The third-order valence-electron chi connectivity index (χ3n) is 3.87. The third-order valence-corrected chi connectivity index (χ3v) is 3.87. The molecular weight excluding hydrogens is 336 g/mol. The van der Waals surface area contributed by atoms with Crippen LogP contribution in [0.3, 0.4) is 0 Å². The molecule has 2 aromatic rings. The Bertz CT molecular complexity index is 852. The van der Waals surface area contributed by atoms with Crippen molar-refractivity contribution >= 4 is 29.2 Å². The van der Waals surface area contributed by atoms with Gasteiger partial charge in [0.25, 0.3) is 5.91 Å². The van der Waals surface area contributed by atoms with Gasteiger partial charge in [0.15, 0.2) is 0 Å². The van der Waals surface area contributed by atoms with Crippen LogP contribution in [-0.4, -0.2) is 22.9 Å². The quantitative estimate of drug-likeness (QED) is 0.733. The van der Waals surface area contributed by atoms with Crippen LogP contribution >= 0.6 is 0 Å². The second kappa shape index (κ2) is 7.86. The van der Waals surface area contributed by atoms with Crippen molar-refractivity contribution in [3.63, 3.8) is 0 Å². The molecule has 2 amide bonds. The van der Waals surface area contributed by atoms with E-state index in [4.69, 9.17) is 9.52 Å². The molecule has 0 spiro atoms. The number of carboxylic acid groups (broad SMARTS) is 1. The molecule has 0 atom stereocenters. The number of carbonyl (C=O) groups excluding carboxylic acids is 2. The van der Waals surface area contributed by atoms with Crippen LogP contribution in [-0.2, 0) is 16.0 Å². The summed E-state index contributed by atoms with van der Waals surface area (Å²) in [7, 11) is 0. The fourth-order valence-corrected chi connectivity index (χ4v) is 2.38. The van der Waals surface area contributed by atoms with Crippen molar-refractivity contribution in [2.45, 2.75) is 34.1 Å². The van der Waals surface area contributed by atoms with Gasteiger partial charge in [-0.2, -0.15) is 0 Å². The minimum absolute atomic E-state index is 0.106. The Morgan fingerprint density at radius 2 is 1.81 bits per heavy atom. The Balaban J connectivity index is 2.25. The first kappa shape index (κ1) is 19.2. The first-order chi connectivity index (χ1) is 12.2. The van der Waals surface area contributed by atoms with E-state index >= 15 is 0 Å². The second-order valence-electron chi connectivity index (χ2n) is 6.42. The monoisotopic (exact) mass is 358 g/mol. The van der Waals surface area contributed by atoms with Gasteiger partial charge in [-0.05, 0) is 31.5 Å². The molecule has 3 N–H and O–H groups in total. The van der Waals surface area contributed by atoms with Crippen molar-refractivity contribution in [3.05, 3.63) is 46.9 Å². The molecule has 1 heterocycles. The maximum Gasteiger partial charge on any atom is 0.311 e. The lowest BCUT2D eigenvalue weighted by Crippen LogP contribution is -2.19. The van der Waals surface area contributed by atoms with Crippen molar-refractivity contribution in [1.82, 2.24) is 0 Å². The minimum atomic E-state index is -1.08. The Morgan fingerprint density at radius 1 is 1.12 bits per heavy atom. The molecule has 0 aliphatic carbocycles. The van der Waals surface area contributed by atoms with Crippen LogP contribution in [0.25, 0.3) is 0 Å². The van der Waals surface area contributed by atoms with E-state index in [1.54, 1.807) is 39.0 Å². The van der Waals surface area contributed by atoms with Crippen molar-refractivity contribution in [2.75, 3.05) is 10.6 Å². The number of furan rings is 1. The van der Waals surface area contributed by atoms with E-state index in [9.17, 15) is 14.4 Å². The molecule has 0 unspecified atom stereocenters. The lowest BCUT2D eigenvalue weighted by Gasteiger charge is -2.13. The largest absolute Gasteiger partial charge is 0.481 e. The molecule has 2 rings (SSSR count). The first-order valence-electron chi connectivity index (χ1n) is 8.20.